The van der Waals surface area contributed by atoms with Gasteiger partial charge in [-0.1, -0.05) is 47.4 Å². The molecule has 222 valence electrons. The van der Waals surface area contributed by atoms with Crippen LogP contribution in [0.5, 0.6) is 5.75 Å². The summed E-state index contributed by atoms with van der Waals surface area (Å²) in [5.74, 6) is -0.286. The number of likely N-dealkylation sites (N-methyl/N-ethyl adjacent to an activating group) is 1. The highest BCUT2D eigenvalue weighted by molar-refractivity contribution is 7.92. The number of aliphatic hydroxyl groups excluding tert-OH is 1. The third-order valence-electron chi connectivity index (χ3n) is 7.10. The number of anilines is 1. The van der Waals surface area contributed by atoms with Crippen molar-refractivity contribution in [3.63, 3.8) is 0 Å². The summed E-state index contributed by atoms with van der Waals surface area (Å²) < 4.78 is 41.0. The van der Waals surface area contributed by atoms with Crippen LogP contribution in [-0.4, -0.2) is 73.3 Å². The largest absolute Gasteiger partial charge is 0.486 e. The van der Waals surface area contributed by atoms with Crippen molar-refractivity contribution in [1.82, 2.24) is 15.0 Å². The fourth-order valence-corrected chi connectivity index (χ4v) is 6.63. The van der Waals surface area contributed by atoms with Crippen LogP contribution in [0.3, 0.4) is 0 Å². The van der Waals surface area contributed by atoms with Crippen LogP contribution in [0.1, 0.15) is 41.2 Å². The number of nitrogens with one attached hydrogen (secondary N) is 1. The molecule has 2 aromatic carbocycles. The summed E-state index contributed by atoms with van der Waals surface area (Å²) in [6, 6.07) is 9.71. The molecule has 0 saturated heterocycles. The van der Waals surface area contributed by atoms with Gasteiger partial charge in [0.15, 0.2) is 16.4 Å². The number of benzene rings is 2. The van der Waals surface area contributed by atoms with Gasteiger partial charge in [0.2, 0.25) is 0 Å². The van der Waals surface area contributed by atoms with Crippen LogP contribution in [0.2, 0.25) is 10.0 Å². The van der Waals surface area contributed by atoms with Crippen molar-refractivity contribution in [2.45, 2.75) is 51.3 Å². The summed E-state index contributed by atoms with van der Waals surface area (Å²) in [5.41, 5.74) is 1.47. The van der Waals surface area contributed by atoms with Crippen molar-refractivity contribution in [1.29, 1.82) is 0 Å². The summed E-state index contributed by atoms with van der Waals surface area (Å²) in [6.45, 7) is 7.88. The van der Waals surface area contributed by atoms with Crippen molar-refractivity contribution >= 4 is 44.8 Å². The lowest BCUT2D eigenvalue weighted by molar-refractivity contribution is 0.0344. The molecule has 0 radical (unpaired) electrons. The van der Waals surface area contributed by atoms with E-state index in [0.717, 1.165) is 5.56 Å². The summed E-state index contributed by atoms with van der Waals surface area (Å²) in [7, 11) is -2.19. The molecular formula is C28H34Cl2N4O6S. The number of aromatic nitrogens is 1. The van der Waals surface area contributed by atoms with Crippen molar-refractivity contribution in [3.05, 3.63) is 69.0 Å². The number of ether oxygens (including phenoxy) is 1. The van der Waals surface area contributed by atoms with Gasteiger partial charge in [0.05, 0.1) is 33.9 Å². The van der Waals surface area contributed by atoms with Gasteiger partial charge in [0.1, 0.15) is 11.8 Å². The Balaban J connectivity index is 1.72. The Morgan fingerprint density at radius 3 is 2.59 bits per heavy atom. The van der Waals surface area contributed by atoms with Gasteiger partial charge in [0.25, 0.3) is 15.9 Å². The van der Waals surface area contributed by atoms with Gasteiger partial charge in [-0.2, -0.15) is 0 Å². The van der Waals surface area contributed by atoms with E-state index in [1.165, 1.54) is 13.8 Å². The van der Waals surface area contributed by atoms with Gasteiger partial charge in [-0.25, -0.2) is 8.42 Å². The van der Waals surface area contributed by atoms with E-state index in [-0.39, 0.29) is 51.8 Å². The number of sulfonamides is 1. The number of nitrogens with zero attached hydrogens (tertiary/aromatic N) is 3. The SMILES string of the molecule is Cc1noc(C)c1S(=O)(=O)Nc1cccc2c1O[C@@H](CN(C)Cc1ccc(Cl)c(Cl)c1)[C@@H](C)CN([C@H](C)CO)C2=O. The van der Waals surface area contributed by atoms with Gasteiger partial charge >= 0.3 is 0 Å². The zero-order valence-corrected chi connectivity index (χ0v) is 25.8. The summed E-state index contributed by atoms with van der Waals surface area (Å²) in [5, 5.41) is 14.6. The average molecular weight is 626 g/mol. The lowest BCUT2D eigenvalue weighted by Crippen LogP contribution is -2.49. The van der Waals surface area contributed by atoms with Gasteiger partial charge in [0, 0.05) is 25.6 Å². The van der Waals surface area contributed by atoms with E-state index in [0.29, 0.717) is 29.7 Å². The van der Waals surface area contributed by atoms with Crippen LogP contribution in [-0.2, 0) is 16.6 Å². The topological polar surface area (TPSA) is 125 Å². The van der Waals surface area contributed by atoms with Gasteiger partial charge in [-0.3, -0.25) is 14.4 Å². The zero-order valence-electron chi connectivity index (χ0n) is 23.5. The highest BCUT2D eigenvalue weighted by atomic mass is 35.5. The smallest absolute Gasteiger partial charge is 0.267 e. The second-order valence-electron chi connectivity index (χ2n) is 10.5. The molecule has 1 aliphatic rings. The van der Waals surface area contributed by atoms with E-state index in [1.54, 1.807) is 36.1 Å². The molecule has 0 bridgehead atoms. The van der Waals surface area contributed by atoms with E-state index >= 15 is 0 Å². The Hall–Kier alpha value is -2.83. The highest BCUT2D eigenvalue weighted by Crippen LogP contribution is 2.37. The van der Waals surface area contributed by atoms with Crippen LogP contribution < -0.4 is 9.46 Å². The molecule has 10 nitrogen and oxygen atoms in total. The quantitative estimate of drug-likeness (QED) is 0.349. The molecule has 1 aliphatic heterocycles. The zero-order chi connectivity index (χ0) is 30.1. The fourth-order valence-electron chi connectivity index (χ4n) is 4.92. The lowest BCUT2D eigenvalue weighted by atomic mass is 9.99. The number of carbonyl (C=O) groups is 1. The number of halogens is 2. The summed E-state index contributed by atoms with van der Waals surface area (Å²) >= 11 is 12.3. The molecule has 1 aromatic heterocycles. The molecule has 0 saturated carbocycles. The number of carbonyl (C=O) groups excluding carboxylic acids is 1. The Bertz CT molecular complexity index is 1510. The Labute approximate surface area is 250 Å². The first kappa shape index (κ1) is 31.1. The molecule has 0 fully saturated rings. The molecule has 41 heavy (non-hydrogen) atoms. The first-order valence-electron chi connectivity index (χ1n) is 13.1. The van der Waals surface area contributed by atoms with Crippen molar-refractivity contribution in [2.24, 2.45) is 5.92 Å². The first-order chi connectivity index (χ1) is 19.3. The second-order valence-corrected chi connectivity index (χ2v) is 12.9. The molecule has 3 atom stereocenters. The molecule has 0 aliphatic carbocycles. The number of fused-ring (bicyclic) bond motifs is 1. The standard InChI is InChI=1S/C28H34Cl2N4O6S/c1-16-12-34(17(2)15-35)28(36)21-7-6-8-24(32-41(37,38)27-18(3)31-40-19(27)4)26(21)39-25(16)14-33(5)13-20-9-10-22(29)23(30)11-20/h6-11,16-17,25,32,35H,12-15H2,1-5H3/t16-,17+,25-/m0/s1. The third-order valence-corrected chi connectivity index (χ3v) is 9.45. The Morgan fingerprint density at radius 2 is 1.95 bits per heavy atom. The summed E-state index contributed by atoms with van der Waals surface area (Å²) in [4.78, 5) is 17.3. The molecule has 0 spiro atoms. The normalized spacial score (nSPS) is 18.5. The van der Waals surface area contributed by atoms with Gasteiger partial charge in [-0.05, 0) is 57.6 Å². The number of aryl methyl sites for hydroxylation is 2. The molecule has 4 rings (SSSR count). The maximum Gasteiger partial charge on any atom is 0.267 e. The molecular weight excluding hydrogens is 591 g/mol. The molecule has 13 heteroatoms. The van der Waals surface area contributed by atoms with Crippen molar-refractivity contribution in [3.8, 4) is 5.75 Å². The van der Waals surface area contributed by atoms with E-state index in [1.807, 2.05) is 26.1 Å². The van der Waals surface area contributed by atoms with Crippen molar-refractivity contribution < 1.29 is 27.6 Å². The van der Waals surface area contributed by atoms with Crippen LogP contribution >= 0.6 is 23.2 Å². The number of amides is 1. The van der Waals surface area contributed by atoms with Gasteiger partial charge < -0.3 is 19.3 Å². The number of aliphatic hydroxyl groups is 1. The van der Waals surface area contributed by atoms with Crippen LogP contribution in [0.15, 0.2) is 45.8 Å². The van der Waals surface area contributed by atoms with E-state index in [4.69, 9.17) is 32.5 Å². The lowest BCUT2D eigenvalue weighted by Gasteiger charge is -2.38. The molecule has 1 amide bonds. The number of hydrogen-bond acceptors (Lipinski definition) is 8. The van der Waals surface area contributed by atoms with E-state index in [9.17, 15) is 18.3 Å². The average Bonchev–Trinajstić information content (AvgIpc) is 3.26. The molecule has 0 unspecified atom stereocenters. The minimum absolute atomic E-state index is 0.0749. The van der Waals surface area contributed by atoms with E-state index in [2.05, 4.69) is 14.8 Å². The maximum absolute atomic E-state index is 13.7. The fraction of sp³-hybridized carbons (Fsp3) is 0.429. The third kappa shape index (κ3) is 6.81. The minimum Gasteiger partial charge on any atom is -0.486 e. The highest BCUT2D eigenvalue weighted by Gasteiger charge is 2.35. The monoisotopic (exact) mass is 624 g/mol. The Kier molecular flexibility index (Phi) is 9.55. The van der Waals surface area contributed by atoms with Crippen LogP contribution in [0.25, 0.3) is 0 Å². The summed E-state index contributed by atoms with van der Waals surface area (Å²) in [6.07, 6.45) is -0.451. The predicted molar refractivity (Wildman–Crippen MR) is 157 cm³/mol. The Morgan fingerprint density at radius 1 is 1.22 bits per heavy atom. The molecule has 3 aromatic rings. The predicted octanol–water partition coefficient (Wildman–Crippen LogP) is 4.75. The first-order valence-corrected chi connectivity index (χ1v) is 15.4. The minimum atomic E-state index is -4.13. The van der Waals surface area contributed by atoms with Crippen molar-refractivity contribution in [2.75, 3.05) is 31.5 Å². The van der Waals surface area contributed by atoms with Crippen LogP contribution in [0.4, 0.5) is 5.69 Å². The number of para-hydroxylation sites is 1. The number of hydrogen-bond donors (Lipinski definition) is 2. The maximum atomic E-state index is 13.7. The molecule has 2 N–H and O–H groups in total. The second kappa shape index (κ2) is 12.6. The van der Waals surface area contributed by atoms with Crippen LogP contribution in [0, 0.1) is 19.8 Å². The number of rotatable bonds is 9. The van der Waals surface area contributed by atoms with Gasteiger partial charge in [-0.15, -0.1) is 0 Å². The molecule has 2 heterocycles. The van der Waals surface area contributed by atoms with E-state index < -0.39 is 22.2 Å².